The number of nitrogens with zero attached hydrogens (tertiary/aromatic N) is 3. The summed E-state index contributed by atoms with van der Waals surface area (Å²) in [6.07, 6.45) is 0. The maximum Gasteiger partial charge on any atom is 2.00 e. The van der Waals surface area contributed by atoms with E-state index in [0.29, 0.717) is 36.8 Å². The predicted molar refractivity (Wildman–Crippen MR) is 95.7 cm³/mol. The summed E-state index contributed by atoms with van der Waals surface area (Å²) in [7, 11) is 0. The van der Waals surface area contributed by atoms with Crippen LogP contribution in [0.3, 0.4) is 0 Å². The minimum atomic E-state index is -0.190. The molecular weight excluding hydrogens is 429 g/mol. The molecule has 8 heteroatoms. The van der Waals surface area contributed by atoms with Crippen LogP contribution in [0.5, 0.6) is 0 Å². The number of pyridine rings is 1. The van der Waals surface area contributed by atoms with Gasteiger partial charge in [0.15, 0.2) is 0 Å². The quantitative estimate of drug-likeness (QED) is 0.470. The summed E-state index contributed by atoms with van der Waals surface area (Å²) >= 11 is 0. The van der Waals surface area contributed by atoms with Gasteiger partial charge < -0.3 is 34.3 Å². The van der Waals surface area contributed by atoms with Crippen molar-refractivity contribution in [3.8, 4) is 0 Å². The molecule has 0 N–H and O–H groups in total. The molecule has 2 aliphatic rings. The van der Waals surface area contributed by atoms with Crippen molar-refractivity contribution in [2.45, 2.75) is 52.6 Å². The van der Waals surface area contributed by atoms with Crippen molar-refractivity contribution in [2.24, 2.45) is 21.8 Å². The van der Waals surface area contributed by atoms with Gasteiger partial charge in [-0.15, -0.1) is 0 Å². The van der Waals surface area contributed by atoms with E-state index >= 15 is 0 Å². The first kappa shape index (κ1) is 26.2. The van der Waals surface area contributed by atoms with Crippen LogP contribution < -0.4 is 24.8 Å². The topological polar surface area (TPSA) is 56.1 Å². The Kier molecular flexibility index (Phi) is 9.31. The normalized spacial score (nSPS) is 26.2. The van der Waals surface area contributed by atoms with Gasteiger partial charge in [-0.05, 0) is 37.8 Å². The van der Waals surface area contributed by atoms with Crippen molar-refractivity contribution in [3.63, 3.8) is 0 Å². The summed E-state index contributed by atoms with van der Waals surface area (Å²) in [5.41, 5.74) is 1.09. The van der Waals surface area contributed by atoms with Gasteiger partial charge in [-0.1, -0.05) is 33.8 Å². The Morgan fingerprint density at radius 1 is 0.815 bits per heavy atom. The fraction of sp³-hybridized carbons (Fsp3) is 0.632. The number of ether oxygens (including phenoxy) is 2. The molecule has 0 unspecified atom stereocenters. The molecule has 1 aromatic heterocycles. The van der Waals surface area contributed by atoms with E-state index in [1.165, 1.54) is 0 Å². The van der Waals surface area contributed by atoms with Crippen LogP contribution in [0.2, 0.25) is 0 Å². The van der Waals surface area contributed by atoms with Crippen molar-refractivity contribution in [1.82, 2.24) is 4.98 Å². The van der Waals surface area contributed by atoms with Gasteiger partial charge in [0.25, 0.3) is 0 Å². The molecule has 0 saturated heterocycles. The Morgan fingerprint density at radius 3 is 1.48 bits per heavy atom. The second kappa shape index (κ2) is 9.60. The van der Waals surface area contributed by atoms with Crippen LogP contribution in [-0.2, 0) is 26.5 Å². The fourth-order valence-corrected chi connectivity index (χ4v) is 2.55. The van der Waals surface area contributed by atoms with E-state index < -0.39 is 0 Å². The number of hydrogen-bond acceptors (Lipinski definition) is 5. The Morgan fingerprint density at radius 2 is 1.19 bits per heavy atom. The standard InChI is InChI=1S/C19H27N3O2.2ClH.Fe/c1-12(2)18(5)10-23-16(21-18)14-8-7-9-15(20-14)17-22-19(6,11-24-17)13(3)4;;;/h7-9,12-13H,10-11H2,1-6H3;2*1H;/q;;;+2/p-2/t18-,19-;;;/m1.../s1. The van der Waals surface area contributed by atoms with Crippen molar-refractivity contribution in [1.29, 1.82) is 0 Å². The van der Waals surface area contributed by atoms with E-state index in [0.717, 1.165) is 11.4 Å². The Balaban J connectivity index is 0.00000225. The van der Waals surface area contributed by atoms with Crippen LogP contribution in [0.1, 0.15) is 52.9 Å². The zero-order chi connectivity index (χ0) is 17.5. The minimum Gasteiger partial charge on any atom is -1.00 e. The first-order valence-corrected chi connectivity index (χ1v) is 8.67. The summed E-state index contributed by atoms with van der Waals surface area (Å²) in [5, 5.41) is 0. The van der Waals surface area contributed by atoms with E-state index in [1.807, 2.05) is 18.2 Å². The molecule has 1 aromatic rings. The van der Waals surface area contributed by atoms with Crippen LogP contribution >= 0.6 is 0 Å². The third kappa shape index (κ3) is 5.17. The first-order valence-electron chi connectivity index (χ1n) is 8.67. The van der Waals surface area contributed by atoms with E-state index in [1.54, 1.807) is 0 Å². The SMILES string of the molecule is CC(C)[C@@]1(C)COC(c2cccc(C3=N[C@@](C)(C(C)C)CO3)n2)=N1.[Cl-].[Cl-].[Fe+2]. The predicted octanol–water partition coefficient (Wildman–Crippen LogP) is -2.53. The summed E-state index contributed by atoms with van der Waals surface area (Å²) in [6, 6.07) is 5.79. The molecule has 27 heavy (non-hydrogen) atoms. The van der Waals surface area contributed by atoms with Gasteiger partial charge in [-0.3, -0.25) is 0 Å². The largest absolute Gasteiger partial charge is 2.00 e. The van der Waals surface area contributed by atoms with E-state index in [4.69, 9.17) is 19.5 Å². The third-order valence-corrected chi connectivity index (χ3v) is 5.39. The Labute approximate surface area is 185 Å². The first-order chi connectivity index (χ1) is 11.2. The number of rotatable bonds is 4. The molecule has 3 rings (SSSR count). The zero-order valence-corrected chi connectivity index (χ0v) is 19.2. The Bertz CT molecular complexity index is 657. The average Bonchev–Trinajstić information content (AvgIpc) is 3.13. The van der Waals surface area contributed by atoms with Crippen LogP contribution in [0.15, 0.2) is 28.2 Å². The second-order valence-corrected chi connectivity index (χ2v) is 7.84. The summed E-state index contributed by atoms with van der Waals surface area (Å²) in [4.78, 5) is 14.2. The molecule has 5 nitrogen and oxygen atoms in total. The maximum atomic E-state index is 5.82. The molecule has 0 saturated carbocycles. The molecule has 0 fully saturated rings. The fourth-order valence-electron chi connectivity index (χ4n) is 2.55. The number of hydrogen-bond donors (Lipinski definition) is 0. The van der Waals surface area contributed by atoms with Crippen LogP contribution in [0.25, 0.3) is 0 Å². The van der Waals surface area contributed by atoms with E-state index in [9.17, 15) is 0 Å². The van der Waals surface area contributed by atoms with Crippen LogP contribution in [0.4, 0.5) is 0 Å². The maximum absolute atomic E-state index is 5.82. The van der Waals surface area contributed by atoms with Crippen molar-refractivity contribution < 1.29 is 51.4 Å². The van der Waals surface area contributed by atoms with Crippen molar-refractivity contribution >= 4 is 11.8 Å². The van der Waals surface area contributed by atoms with Crippen molar-refractivity contribution in [3.05, 3.63) is 29.6 Å². The number of halogens is 2. The molecule has 3 heterocycles. The Hall–Kier alpha value is -0.811. The third-order valence-electron chi connectivity index (χ3n) is 5.39. The van der Waals surface area contributed by atoms with E-state index in [-0.39, 0.29) is 53.0 Å². The monoisotopic (exact) mass is 455 g/mol. The van der Waals surface area contributed by atoms with Crippen LogP contribution in [-0.4, -0.2) is 41.1 Å². The number of aliphatic imine (C=N–C) groups is 2. The molecule has 0 bridgehead atoms. The van der Waals surface area contributed by atoms with Gasteiger partial charge in [0, 0.05) is 0 Å². The summed E-state index contributed by atoms with van der Waals surface area (Å²) in [6.45, 7) is 14.1. The summed E-state index contributed by atoms with van der Waals surface area (Å²) < 4.78 is 11.6. The average molecular weight is 456 g/mol. The molecule has 0 aromatic carbocycles. The molecular formula is C19H27Cl2FeN3O2. The molecule has 0 amide bonds. The molecule has 152 valence electrons. The van der Waals surface area contributed by atoms with Gasteiger partial charge in [-0.2, -0.15) is 0 Å². The molecule has 2 aliphatic heterocycles. The van der Waals surface area contributed by atoms with Gasteiger partial charge in [0.05, 0.1) is 11.1 Å². The number of aromatic nitrogens is 1. The van der Waals surface area contributed by atoms with Crippen LogP contribution in [0, 0.1) is 11.8 Å². The van der Waals surface area contributed by atoms with E-state index in [2.05, 4.69) is 46.5 Å². The zero-order valence-electron chi connectivity index (χ0n) is 16.6. The van der Waals surface area contributed by atoms with Gasteiger partial charge >= 0.3 is 17.1 Å². The second-order valence-electron chi connectivity index (χ2n) is 7.84. The molecule has 0 spiro atoms. The molecule has 0 radical (unpaired) electrons. The van der Waals surface area contributed by atoms with Crippen molar-refractivity contribution in [2.75, 3.05) is 13.2 Å². The molecule has 0 aliphatic carbocycles. The van der Waals surface area contributed by atoms with Gasteiger partial charge in [0.1, 0.15) is 24.6 Å². The minimum absolute atomic E-state index is 0. The van der Waals surface area contributed by atoms with Gasteiger partial charge in [0.2, 0.25) is 11.8 Å². The smallest absolute Gasteiger partial charge is 1.00 e. The van der Waals surface area contributed by atoms with Gasteiger partial charge in [-0.25, -0.2) is 15.0 Å². The summed E-state index contributed by atoms with van der Waals surface area (Å²) in [5.74, 6) is 2.04. The molecule has 2 atom stereocenters.